The van der Waals surface area contributed by atoms with E-state index in [0.717, 1.165) is 38.5 Å². The lowest BCUT2D eigenvalue weighted by Crippen LogP contribution is -2.31. The monoisotopic (exact) mass is 266 g/mol. The predicted molar refractivity (Wildman–Crippen MR) is 78.7 cm³/mol. The Hall–Kier alpha value is -1.10. The molecule has 0 aliphatic carbocycles. The van der Waals surface area contributed by atoms with Crippen LogP contribution in [0, 0.1) is 0 Å². The smallest absolute Gasteiger partial charge is 0.123 e. The lowest BCUT2D eigenvalue weighted by atomic mass is 10.2. The van der Waals surface area contributed by atoms with Crippen LogP contribution in [0.4, 0.5) is 0 Å². The highest BCUT2D eigenvalue weighted by atomic mass is 16.5. The Bertz CT molecular complexity index is 345. The number of methoxy groups -OCH3 is 1. The summed E-state index contributed by atoms with van der Waals surface area (Å²) in [7, 11) is 3.84. The number of nitrogens with zero attached hydrogens (tertiary/aromatic N) is 1. The molecule has 0 aliphatic rings. The minimum atomic E-state index is 0.705. The second-order valence-corrected chi connectivity index (χ2v) is 4.51. The number of hydrogen-bond acceptors (Lipinski definition) is 4. The van der Waals surface area contributed by atoms with Gasteiger partial charge >= 0.3 is 0 Å². The highest BCUT2D eigenvalue weighted by molar-refractivity contribution is 5.33. The summed E-state index contributed by atoms with van der Waals surface area (Å²) in [4.78, 5) is 2.25. The lowest BCUT2D eigenvalue weighted by Gasteiger charge is -2.16. The molecule has 0 radical (unpaired) electrons. The van der Waals surface area contributed by atoms with Crippen molar-refractivity contribution in [3.05, 3.63) is 29.8 Å². The van der Waals surface area contributed by atoms with Crippen LogP contribution < -0.4 is 10.1 Å². The maximum Gasteiger partial charge on any atom is 0.123 e. The summed E-state index contributed by atoms with van der Waals surface area (Å²) in [6.07, 6.45) is 0. The van der Waals surface area contributed by atoms with E-state index in [-0.39, 0.29) is 0 Å². The summed E-state index contributed by atoms with van der Waals surface area (Å²) in [6, 6.07) is 8.18. The van der Waals surface area contributed by atoms with Crippen molar-refractivity contribution in [2.75, 3.05) is 47.0 Å². The Morgan fingerprint density at radius 2 is 2.00 bits per heavy atom. The molecule has 0 atom stereocenters. The van der Waals surface area contributed by atoms with Gasteiger partial charge in [-0.2, -0.15) is 0 Å². The van der Waals surface area contributed by atoms with Crippen LogP contribution >= 0.6 is 0 Å². The number of nitrogens with one attached hydrogen (secondary N) is 1. The Kier molecular flexibility index (Phi) is 8.21. The van der Waals surface area contributed by atoms with Crippen molar-refractivity contribution in [2.24, 2.45) is 0 Å². The SMILES string of the molecule is CCOc1ccccc1CNCCN(C)CCOC. The Morgan fingerprint density at radius 3 is 2.74 bits per heavy atom. The van der Waals surface area contributed by atoms with Crippen LogP contribution in [-0.2, 0) is 11.3 Å². The summed E-state index contributed by atoms with van der Waals surface area (Å²) in [5.74, 6) is 0.977. The molecule has 4 heteroatoms. The third kappa shape index (κ3) is 6.57. The summed E-state index contributed by atoms with van der Waals surface area (Å²) in [5, 5.41) is 3.45. The van der Waals surface area contributed by atoms with Crippen molar-refractivity contribution in [3.63, 3.8) is 0 Å². The number of ether oxygens (including phenoxy) is 2. The summed E-state index contributed by atoms with van der Waals surface area (Å²) in [5.41, 5.74) is 1.21. The second-order valence-electron chi connectivity index (χ2n) is 4.51. The molecule has 0 spiro atoms. The van der Waals surface area contributed by atoms with Gasteiger partial charge in [-0.15, -0.1) is 0 Å². The molecule has 0 amide bonds. The van der Waals surface area contributed by atoms with Crippen molar-refractivity contribution < 1.29 is 9.47 Å². The average molecular weight is 266 g/mol. The van der Waals surface area contributed by atoms with Gasteiger partial charge < -0.3 is 19.7 Å². The van der Waals surface area contributed by atoms with Crippen molar-refractivity contribution >= 4 is 0 Å². The number of benzene rings is 1. The first-order chi connectivity index (χ1) is 9.27. The van der Waals surface area contributed by atoms with Crippen LogP contribution in [0.5, 0.6) is 5.75 Å². The van der Waals surface area contributed by atoms with Gasteiger partial charge in [-0.1, -0.05) is 18.2 Å². The first kappa shape index (κ1) is 16.0. The summed E-state index contributed by atoms with van der Waals surface area (Å²) in [6.45, 7) is 7.28. The topological polar surface area (TPSA) is 33.7 Å². The zero-order chi connectivity index (χ0) is 13.9. The van der Waals surface area contributed by atoms with E-state index >= 15 is 0 Å². The first-order valence-corrected chi connectivity index (χ1v) is 6.86. The van der Waals surface area contributed by atoms with Crippen LogP contribution in [0.25, 0.3) is 0 Å². The Morgan fingerprint density at radius 1 is 1.21 bits per heavy atom. The molecular formula is C15H26N2O2. The minimum Gasteiger partial charge on any atom is -0.494 e. The van der Waals surface area contributed by atoms with Crippen molar-refractivity contribution in [2.45, 2.75) is 13.5 Å². The van der Waals surface area contributed by atoms with Gasteiger partial charge in [-0.05, 0) is 20.0 Å². The number of rotatable bonds is 10. The van der Waals surface area contributed by atoms with Crippen LogP contribution in [0.3, 0.4) is 0 Å². The maximum atomic E-state index is 5.60. The molecule has 0 aliphatic heterocycles. The molecule has 19 heavy (non-hydrogen) atoms. The van der Waals surface area contributed by atoms with Gasteiger partial charge in [0.1, 0.15) is 5.75 Å². The van der Waals surface area contributed by atoms with E-state index in [2.05, 4.69) is 23.3 Å². The maximum absolute atomic E-state index is 5.60. The largest absolute Gasteiger partial charge is 0.494 e. The Balaban J connectivity index is 2.25. The van der Waals surface area contributed by atoms with Crippen molar-refractivity contribution in [3.8, 4) is 5.75 Å². The van der Waals surface area contributed by atoms with Gasteiger partial charge in [-0.25, -0.2) is 0 Å². The molecular weight excluding hydrogens is 240 g/mol. The molecule has 0 unspecified atom stereocenters. The first-order valence-electron chi connectivity index (χ1n) is 6.86. The molecule has 1 aromatic carbocycles. The quantitative estimate of drug-likeness (QED) is 0.654. The third-order valence-electron chi connectivity index (χ3n) is 2.94. The van der Waals surface area contributed by atoms with Gasteiger partial charge in [0.05, 0.1) is 13.2 Å². The van der Waals surface area contributed by atoms with Crippen LogP contribution in [0.15, 0.2) is 24.3 Å². The van der Waals surface area contributed by atoms with E-state index in [1.54, 1.807) is 7.11 Å². The van der Waals surface area contributed by atoms with Crippen LogP contribution in [0.1, 0.15) is 12.5 Å². The highest BCUT2D eigenvalue weighted by Gasteiger charge is 2.02. The van der Waals surface area contributed by atoms with Crippen molar-refractivity contribution in [1.82, 2.24) is 10.2 Å². The fraction of sp³-hybridized carbons (Fsp3) is 0.600. The minimum absolute atomic E-state index is 0.705. The Labute approximate surface area is 116 Å². The summed E-state index contributed by atoms with van der Waals surface area (Å²) < 4.78 is 10.7. The fourth-order valence-corrected chi connectivity index (χ4v) is 1.80. The van der Waals surface area contributed by atoms with Gasteiger partial charge in [0.15, 0.2) is 0 Å². The normalized spacial score (nSPS) is 10.9. The molecule has 0 heterocycles. The molecule has 0 bridgehead atoms. The zero-order valence-corrected chi connectivity index (χ0v) is 12.3. The van der Waals surface area contributed by atoms with E-state index in [4.69, 9.17) is 9.47 Å². The second kappa shape index (κ2) is 9.78. The molecule has 0 fully saturated rings. The van der Waals surface area contributed by atoms with Crippen molar-refractivity contribution in [1.29, 1.82) is 0 Å². The standard InChI is InChI=1S/C15H26N2O2/c1-4-19-15-8-6-5-7-14(15)13-16-9-10-17(2)11-12-18-3/h5-8,16H,4,9-13H2,1-3H3. The molecule has 4 nitrogen and oxygen atoms in total. The average Bonchev–Trinajstić information content (AvgIpc) is 2.43. The van der Waals surface area contributed by atoms with E-state index in [9.17, 15) is 0 Å². The molecule has 1 aromatic rings. The fourth-order valence-electron chi connectivity index (χ4n) is 1.80. The molecule has 0 saturated carbocycles. The molecule has 108 valence electrons. The number of hydrogen-bond donors (Lipinski definition) is 1. The lowest BCUT2D eigenvalue weighted by molar-refractivity contribution is 0.161. The molecule has 0 aromatic heterocycles. The van der Waals surface area contributed by atoms with E-state index in [1.807, 2.05) is 25.1 Å². The molecule has 0 saturated heterocycles. The number of para-hydroxylation sites is 1. The predicted octanol–water partition coefficient (Wildman–Crippen LogP) is 1.75. The van der Waals surface area contributed by atoms with Crippen LogP contribution in [0.2, 0.25) is 0 Å². The van der Waals surface area contributed by atoms with Crippen LogP contribution in [-0.4, -0.2) is 51.9 Å². The van der Waals surface area contributed by atoms with E-state index in [1.165, 1.54) is 5.56 Å². The van der Waals surface area contributed by atoms with E-state index < -0.39 is 0 Å². The van der Waals surface area contributed by atoms with Gasteiger partial charge in [0.2, 0.25) is 0 Å². The van der Waals surface area contributed by atoms with E-state index in [0.29, 0.717) is 6.61 Å². The molecule has 1 rings (SSSR count). The number of likely N-dealkylation sites (N-methyl/N-ethyl adjacent to an activating group) is 1. The third-order valence-corrected chi connectivity index (χ3v) is 2.94. The summed E-state index contributed by atoms with van der Waals surface area (Å²) >= 11 is 0. The van der Waals surface area contributed by atoms with Gasteiger partial charge in [0, 0.05) is 38.9 Å². The van der Waals surface area contributed by atoms with Gasteiger partial charge in [-0.3, -0.25) is 0 Å². The van der Waals surface area contributed by atoms with Gasteiger partial charge in [0.25, 0.3) is 0 Å². The highest BCUT2D eigenvalue weighted by Crippen LogP contribution is 2.17. The zero-order valence-electron chi connectivity index (χ0n) is 12.3. The molecule has 1 N–H and O–H groups in total.